The maximum absolute atomic E-state index is 11.4. The first kappa shape index (κ1) is 13.9. The van der Waals surface area contributed by atoms with Gasteiger partial charge in [0.1, 0.15) is 12.4 Å². The Morgan fingerprint density at radius 3 is 2.63 bits per heavy atom. The molecule has 2 rings (SSSR count). The van der Waals surface area contributed by atoms with Crippen LogP contribution in [0.15, 0.2) is 30.6 Å². The summed E-state index contributed by atoms with van der Waals surface area (Å²) >= 11 is 11.9. The average Bonchev–Trinajstić information content (AvgIpc) is 2.75. The van der Waals surface area contributed by atoms with E-state index in [1.807, 2.05) is 12.1 Å². The lowest BCUT2D eigenvalue weighted by Gasteiger charge is -2.07. The number of imidazole rings is 1. The highest BCUT2D eigenvalue weighted by Gasteiger charge is 2.08. The zero-order valence-corrected chi connectivity index (χ0v) is 11.9. The van der Waals surface area contributed by atoms with Gasteiger partial charge in [0.2, 0.25) is 5.91 Å². The van der Waals surface area contributed by atoms with Crippen LogP contribution in [0.4, 0.5) is 0 Å². The maximum atomic E-state index is 11.4. The van der Waals surface area contributed by atoms with Crippen molar-refractivity contribution in [2.75, 3.05) is 7.05 Å². The monoisotopic (exact) mass is 297 g/mol. The van der Waals surface area contributed by atoms with E-state index in [2.05, 4.69) is 10.3 Å². The Bertz CT molecular complexity index is 575. The van der Waals surface area contributed by atoms with Crippen LogP contribution in [0, 0.1) is 0 Å². The molecule has 4 nitrogen and oxygen atoms in total. The van der Waals surface area contributed by atoms with Crippen molar-refractivity contribution in [2.24, 2.45) is 0 Å². The van der Waals surface area contributed by atoms with Crippen LogP contribution in [0.1, 0.15) is 11.4 Å². The standard InChI is InChI=1S/C13H13Cl2N3O/c1-16-13(19)8-18-3-2-17-12(18)6-9-4-10(14)7-11(15)5-9/h2-5,7H,6,8H2,1H3,(H,16,19). The largest absolute Gasteiger partial charge is 0.358 e. The van der Waals surface area contributed by atoms with Crippen LogP contribution in [0.3, 0.4) is 0 Å². The summed E-state index contributed by atoms with van der Waals surface area (Å²) in [6.07, 6.45) is 4.02. The van der Waals surface area contributed by atoms with Crippen LogP contribution < -0.4 is 5.32 Å². The normalized spacial score (nSPS) is 10.5. The fraction of sp³-hybridized carbons (Fsp3) is 0.231. The van der Waals surface area contributed by atoms with Crippen LogP contribution in [-0.2, 0) is 17.8 Å². The van der Waals surface area contributed by atoms with Crippen LogP contribution in [0.25, 0.3) is 0 Å². The summed E-state index contributed by atoms with van der Waals surface area (Å²) in [4.78, 5) is 15.6. The van der Waals surface area contributed by atoms with Crippen LogP contribution in [0.2, 0.25) is 10.0 Å². The van der Waals surface area contributed by atoms with E-state index in [0.29, 0.717) is 16.5 Å². The molecule has 2 aromatic rings. The van der Waals surface area contributed by atoms with Crippen molar-refractivity contribution in [1.29, 1.82) is 0 Å². The summed E-state index contributed by atoms with van der Waals surface area (Å²) in [5.41, 5.74) is 0.960. The number of carbonyl (C=O) groups is 1. The van der Waals surface area contributed by atoms with Crippen LogP contribution in [0.5, 0.6) is 0 Å². The van der Waals surface area contributed by atoms with Crippen LogP contribution >= 0.6 is 23.2 Å². The molecule has 0 fully saturated rings. The number of aromatic nitrogens is 2. The van der Waals surface area contributed by atoms with Crippen molar-refractivity contribution >= 4 is 29.1 Å². The van der Waals surface area contributed by atoms with Crippen molar-refractivity contribution in [3.05, 3.63) is 52.0 Å². The third kappa shape index (κ3) is 3.72. The molecule has 0 saturated carbocycles. The van der Waals surface area contributed by atoms with Gasteiger partial charge in [-0.05, 0) is 23.8 Å². The Morgan fingerprint density at radius 1 is 1.32 bits per heavy atom. The zero-order valence-electron chi connectivity index (χ0n) is 10.4. The van der Waals surface area contributed by atoms with E-state index < -0.39 is 0 Å². The first-order chi connectivity index (χ1) is 9.08. The molecule has 0 aliphatic carbocycles. The highest BCUT2D eigenvalue weighted by Crippen LogP contribution is 2.20. The molecular formula is C13H13Cl2N3O. The molecule has 0 bridgehead atoms. The molecule has 1 aromatic heterocycles. The minimum absolute atomic E-state index is 0.0663. The fourth-order valence-corrected chi connectivity index (χ4v) is 2.35. The minimum atomic E-state index is -0.0663. The molecule has 0 spiro atoms. The predicted octanol–water partition coefficient (Wildman–Crippen LogP) is 2.53. The first-order valence-electron chi connectivity index (χ1n) is 5.74. The molecule has 0 radical (unpaired) electrons. The first-order valence-corrected chi connectivity index (χ1v) is 6.49. The summed E-state index contributed by atoms with van der Waals surface area (Å²) in [6, 6.07) is 5.36. The van der Waals surface area contributed by atoms with Gasteiger partial charge in [0, 0.05) is 35.9 Å². The van der Waals surface area contributed by atoms with E-state index in [0.717, 1.165) is 11.4 Å². The van der Waals surface area contributed by atoms with Gasteiger partial charge in [-0.1, -0.05) is 23.2 Å². The fourth-order valence-electron chi connectivity index (χ4n) is 1.78. The Labute approximate surface area is 121 Å². The molecule has 1 heterocycles. The van der Waals surface area contributed by atoms with E-state index in [1.165, 1.54) is 0 Å². The Kier molecular flexibility index (Phi) is 4.45. The van der Waals surface area contributed by atoms with Gasteiger partial charge >= 0.3 is 0 Å². The molecule has 0 saturated heterocycles. The van der Waals surface area contributed by atoms with E-state index >= 15 is 0 Å². The van der Waals surface area contributed by atoms with Gasteiger partial charge in [-0.3, -0.25) is 4.79 Å². The summed E-state index contributed by atoms with van der Waals surface area (Å²) in [5.74, 6) is 0.727. The van der Waals surface area contributed by atoms with Gasteiger partial charge in [0.15, 0.2) is 0 Å². The second-order valence-electron chi connectivity index (χ2n) is 4.10. The lowest BCUT2D eigenvalue weighted by atomic mass is 10.1. The number of likely N-dealkylation sites (N-methyl/N-ethyl adjacent to an activating group) is 1. The predicted molar refractivity (Wildman–Crippen MR) is 75.6 cm³/mol. The molecule has 1 N–H and O–H groups in total. The van der Waals surface area contributed by atoms with Crippen LogP contribution in [-0.4, -0.2) is 22.5 Å². The molecule has 0 unspecified atom stereocenters. The second-order valence-corrected chi connectivity index (χ2v) is 4.97. The summed E-state index contributed by atoms with van der Waals surface area (Å²) < 4.78 is 1.80. The van der Waals surface area contributed by atoms with E-state index in [4.69, 9.17) is 23.2 Å². The number of nitrogens with zero attached hydrogens (tertiary/aromatic N) is 2. The highest BCUT2D eigenvalue weighted by molar-refractivity contribution is 6.34. The highest BCUT2D eigenvalue weighted by atomic mass is 35.5. The van der Waals surface area contributed by atoms with Crippen molar-refractivity contribution < 1.29 is 4.79 Å². The number of benzene rings is 1. The second kappa shape index (κ2) is 6.08. The van der Waals surface area contributed by atoms with E-state index in [9.17, 15) is 4.79 Å². The van der Waals surface area contributed by atoms with Gasteiger partial charge in [0.05, 0.1) is 0 Å². The lowest BCUT2D eigenvalue weighted by molar-refractivity contribution is -0.121. The average molecular weight is 298 g/mol. The number of rotatable bonds is 4. The minimum Gasteiger partial charge on any atom is -0.358 e. The maximum Gasteiger partial charge on any atom is 0.239 e. The number of hydrogen-bond donors (Lipinski definition) is 1. The van der Waals surface area contributed by atoms with Crippen molar-refractivity contribution in [2.45, 2.75) is 13.0 Å². The number of halogens is 2. The number of amides is 1. The van der Waals surface area contributed by atoms with E-state index in [1.54, 1.807) is 30.1 Å². The van der Waals surface area contributed by atoms with Gasteiger partial charge in [-0.25, -0.2) is 4.98 Å². The van der Waals surface area contributed by atoms with Crippen molar-refractivity contribution in [3.63, 3.8) is 0 Å². The summed E-state index contributed by atoms with van der Waals surface area (Å²) in [6.45, 7) is 0.250. The third-order valence-electron chi connectivity index (χ3n) is 2.68. The Hall–Kier alpha value is -1.52. The van der Waals surface area contributed by atoms with Gasteiger partial charge in [-0.15, -0.1) is 0 Å². The van der Waals surface area contributed by atoms with E-state index in [-0.39, 0.29) is 12.5 Å². The molecular weight excluding hydrogens is 285 g/mol. The summed E-state index contributed by atoms with van der Waals surface area (Å²) in [7, 11) is 1.61. The molecule has 0 aliphatic rings. The Morgan fingerprint density at radius 2 is 2.00 bits per heavy atom. The molecule has 1 aromatic carbocycles. The van der Waals surface area contributed by atoms with Crippen molar-refractivity contribution in [3.8, 4) is 0 Å². The summed E-state index contributed by atoms with van der Waals surface area (Å²) in [5, 5.41) is 3.76. The molecule has 1 amide bonds. The van der Waals surface area contributed by atoms with Gasteiger partial charge in [-0.2, -0.15) is 0 Å². The Balaban J connectivity index is 2.19. The quantitative estimate of drug-likeness (QED) is 0.943. The van der Waals surface area contributed by atoms with Gasteiger partial charge in [0.25, 0.3) is 0 Å². The van der Waals surface area contributed by atoms with Crippen molar-refractivity contribution in [1.82, 2.24) is 14.9 Å². The SMILES string of the molecule is CNC(=O)Cn1ccnc1Cc1cc(Cl)cc(Cl)c1. The molecule has 6 heteroatoms. The third-order valence-corrected chi connectivity index (χ3v) is 3.12. The number of hydrogen-bond acceptors (Lipinski definition) is 2. The molecule has 100 valence electrons. The molecule has 0 aliphatic heterocycles. The zero-order chi connectivity index (χ0) is 13.8. The lowest BCUT2D eigenvalue weighted by Crippen LogP contribution is -2.24. The number of nitrogens with one attached hydrogen (secondary N) is 1. The smallest absolute Gasteiger partial charge is 0.239 e. The number of carbonyl (C=O) groups excluding carboxylic acids is 1. The molecule has 0 atom stereocenters. The topological polar surface area (TPSA) is 46.9 Å². The van der Waals surface area contributed by atoms with Gasteiger partial charge < -0.3 is 9.88 Å². The molecule has 19 heavy (non-hydrogen) atoms.